The number of likely N-dealkylation sites (tertiary alicyclic amines) is 2. The number of hydrogen-bond donors (Lipinski definition) is 1. The van der Waals surface area contributed by atoms with Gasteiger partial charge in [0.2, 0.25) is 0 Å². The van der Waals surface area contributed by atoms with E-state index in [1.54, 1.807) is 6.07 Å². The Morgan fingerprint density at radius 1 is 1.33 bits per heavy atom. The largest absolute Gasteiger partial charge is 0.396 e. The van der Waals surface area contributed by atoms with Crippen molar-refractivity contribution in [1.82, 2.24) is 15.0 Å². The van der Waals surface area contributed by atoms with Gasteiger partial charge in [-0.25, -0.2) is 0 Å². The average molecular weight is 335 g/mol. The van der Waals surface area contributed by atoms with Crippen molar-refractivity contribution >= 4 is 5.91 Å². The van der Waals surface area contributed by atoms with Gasteiger partial charge in [-0.2, -0.15) is 0 Å². The van der Waals surface area contributed by atoms with Crippen LogP contribution in [0.4, 0.5) is 0 Å². The van der Waals surface area contributed by atoms with Gasteiger partial charge in [0.25, 0.3) is 5.91 Å². The van der Waals surface area contributed by atoms with Crippen molar-refractivity contribution in [1.29, 1.82) is 0 Å². The van der Waals surface area contributed by atoms with Crippen LogP contribution >= 0.6 is 0 Å². The van der Waals surface area contributed by atoms with Crippen LogP contribution in [0.1, 0.15) is 48.9 Å². The maximum Gasteiger partial charge on any atom is 0.276 e. The van der Waals surface area contributed by atoms with E-state index >= 15 is 0 Å². The molecule has 0 saturated carbocycles. The Kier molecular flexibility index (Phi) is 5.89. The molecule has 0 bridgehead atoms. The number of carbonyl (C=O) groups excluding carboxylic acids is 1. The minimum atomic E-state index is -0.0642. The van der Waals surface area contributed by atoms with E-state index in [2.05, 4.69) is 17.0 Å². The number of aromatic nitrogens is 1. The second-order valence-corrected chi connectivity index (χ2v) is 7.30. The summed E-state index contributed by atoms with van der Waals surface area (Å²) in [4.78, 5) is 17.1. The predicted molar refractivity (Wildman–Crippen MR) is 90.8 cm³/mol. The van der Waals surface area contributed by atoms with Gasteiger partial charge in [0.05, 0.1) is 0 Å². The molecule has 2 aliphatic rings. The molecule has 2 fully saturated rings. The Morgan fingerprint density at radius 3 is 2.79 bits per heavy atom. The monoisotopic (exact) mass is 335 g/mol. The van der Waals surface area contributed by atoms with Crippen LogP contribution in [-0.2, 0) is 6.42 Å². The second kappa shape index (κ2) is 8.12. The first-order chi connectivity index (χ1) is 11.7. The molecule has 2 atom stereocenters. The second-order valence-electron chi connectivity index (χ2n) is 7.30. The van der Waals surface area contributed by atoms with Crippen molar-refractivity contribution in [3.8, 4) is 0 Å². The van der Waals surface area contributed by atoms with Crippen LogP contribution in [0, 0.1) is 11.8 Å². The fourth-order valence-corrected chi connectivity index (χ4v) is 4.02. The van der Waals surface area contributed by atoms with Crippen LogP contribution < -0.4 is 0 Å². The topological polar surface area (TPSA) is 69.8 Å². The minimum absolute atomic E-state index is 0.0642. The lowest BCUT2D eigenvalue weighted by Crippen LogP contribution is -2.47. The van der Waals surface area contributed by atoms with Crippen LogP contribution in [0.25, 0.3) is 0 Å². The van der Waals surface area contributed by atoms with E-state index in [0.29, 0.717) is 18.2 Å². The highest BCUT2D eigenvalue weighted by atomic mass is 16.5. The van der Waals surface area contributed by atoms with Crippen molar-refractivity contribution < 1.29 is 14.4 Å². The lowest BCUT2D eigenvalue weighted by molar-refractivity contribution is 0.0457. The molecule has 6 nitrogen and oxygen atoms in total. The lowest BCUT2D eigenvalue weighted by Gasteiger charge is -2.38. The summed E-state index contributed by atoms with van der Waals surface area (Å²) < 4.78 is 5.25. The zero-order chi connectivity index (χ0) is 16.9. The summed E-state index contributed by atoms with van der Waals surface area (Å²) >= 11 is 0. The molecule has 1 N–H and O–H groups in total. The third-order valence-corrected chi connectivity index (χ3v) is 5.16. The first-order valence-corrected chi connectivity index (χ1v) is 9.27. The Balaban J connectivity index is 1.64. The zero-order valence-electron chi connectivity index (χ0n) is 14.6. The molecule has 1 amide bonds. The molecule has 3 rings (SSSR count). The molecule has 1 aromatic rings. The zero-order valence-corrected chi connectivity index (χ0v) is 14.6. The third-order valence-electron chi connectivity index (χ3n) is 5.16. The van der Waals surface area contributed by atoms with Crippen LogP contribution in [0.2, 0.25) is 0 Å². The fraction of sp³-hybridized carbons (Fsp3) is 0.778. The standard InChI is InChI=1S/C18H29N3O3/c1-2-5-16-9-17(19-24-16)18(23)21-11-14(8-15(12-21)13-22)10-20-6-3-4-7-20/h9,14-15,22H,2-8,10-13H2,1H3/t14-,15-/m1/s1. The number of rotatable bonds is 6. The predicted octanol–water partition coefficient (Wildman–Crippen LogP) is 1.79. The highest BCUT2D eigenvalue weighted by Gasteiger charge is 2.32. The van der Waals surface area contributed by atoms with Gasteiger partial charge in [0.1, 0.15) is 5.76 Å². The fourth-order valence-electron chi connectivity index (χ4n) is 4.02. The van der Waals surface area contributed by atoms with Gasteiger partial charge in [-0.3, -0.25) is 4.79 Å². The molecule has 134 valence electrons. The molecule has 0 aromatic carbocycles. The van der Waals surface area contributed by atoms with Crippen molar-refractivity contribution in [3.63, 3.8) is 0 Å². The molecule has 2 saturated heterocycles. The van der Waals surface area contributed by atoms with E-state index in [-0.39, 0.29) is 18.4 Å². The van der Waals surface area contributed by atoms with Crippen molar-refractivity contribution in [2.45, 2.75) is 39.0 Å². The average Bonchev–Trinajstić information content (AvgIpc) is 3.26. The third kappa shape index (κ3) is 4.16. The molecular weight excluding hydrogens is 306 g/mol. The van der Waals surface area contributed by atoms with E-state index in [9.17, 15) is 9.90 Å². The molecule has 1 aromatic heterocycles. The summed E-state index contributed by atoms with van der Waals surface area (Å²) in [6.45, 7) is 6.93. The van der Waals surface area contributed by atoms with Gasteiger partial charge < -0.3 is 19.4 Å². The van der Waals surface area contributed by atoms with Crippen molar-refractivity contribution in [2.75, 3.05) is 39.3 Å². The Hall–Kier alpha value is -1.40. The Bertz CT molecular complexity index is 539. The summed E-state index contributed by atoms with van der Waals surface area (Å²) in [5.74, 6) is 1.30. The number of aliphatic hydroxyl groups excluding tert-OH is 1. The van der Waals surface area contributed by atoms with Crippen LogP contribution in [0.3, 0.4) is 0 Å². The summed E-state index contributed by atoms with van der Waals surface area (Å²) in [5, 5.41) is 13.6. The number of hydrogen-bond acceptors (Lipinski definition) is 5. The van der Waals surface area contributed by atoms with E-state index in [1.165, 1.54) is 12.8 Å². The molecule has 3 heterocycles. The first-order valence-electron chi connectivity index (χ1n) is 9.27. The highest BCUT2D eigenvalue weighted by molar-refractivity contribution is 5.92. The SMILES string of the molecule is CCCc1cc(C(=O)N2C[C@H](CO)C[C@H](CN3CCCC3)C2)no1. The van der Waals surface area contributed by atoms with Gasteiger partial charge >= 0.3 is 0 Å². The summed E-state index contributed by atoms with van der Waals surface area (Å²) in [7, 11) is 0. The van der Waals surface area contributed by atoms with Gasteiger partial charge in [-0.15, -0.1) is 0 Å². The number of amides is 1. The van der Waals surface area contributed by atoms with E-state index in [0.717, 1.165) is 51.2 Å². The minimum Gasteiger partial charge on any atom is -0.396 e. The molecule has 0 unspecified atom stereocenters. The number of aliphatic hydroxyl groups is 1. The first kappa shape index (κ1) is 17.4. The van der Waals surface area contributed by atoms with Crippen molar-refractivity contribution in [3.05, 3.63) is 17.5 Å². The molecule has 6 heteroatoms. The van der Waals surface area contributed by atoms with Gasteiger partial charge in [-0.1, -0.05) is 12.1 Å². The highest BCUT2D eigenvalue weighted by Crippen LogP contribution is 2.25. The molecule has 24 heavy (non-hydrogen) atoms. The van der Waals surface area contributed by atoms with Crippen molar-refractivity contribution in [2.24, 2.45) is 11.8 Å². The van der Waals surface area contributed by atoms with Gasteiger partial charge in [0.15, 0.2) is 5.69 Å². The van der Waals surface area contributed by atoms with Crippen LogP contribution in [-0.4, -0.2) is 65.3 Å². The summed E-state index contributed by atoms with van der Waals surface area (Å²) in [6, 6.07) is 1.77. The van der Waals surface area contributed by atoms with E-state index in [4.69, 9.17) is 4.52 Å². The molecular formula is C18H29N3O3. The van der Waals surface area contributed by atoms with Crippen LogP contribution in [0.15, 0.2) is 10.6 Å². The van der Waals surface area contributed by atoms with E-state index < -0.39 is 0 Å². The Morgan fingerprint density at radius 2 is 2.08 bits per heavy atom. The number of nitrogens with zero attached hydrogens (tertiary/aromatic N) is 3. The summed E-state index contributed by atoms with van der Waals surface area (Å²) in [5.41, 5.74) is 0.400. The van der Waals surface area contributed by atoms with Gasteiger partial charge in [0, 0.05) is 38.7 Å². The van der Waals surface area contributed by atoms with E-state index in [1.807, 2.05) is 4.90 Å². The molecule has 0 spiro atoms. The van der Waals surface area contributed by atoms with Crippen LogP contribution in [0.5, 0.6) is 0 Å². The molecule has 0 radical (unpaired) electrons. The maximum absolute atomic E-state index is 12.8. The smallest absolute Gasteiger partial charge is 0.276 e. The van der Waals surface area contributed by atoms with Gasteiger partial charge in [-0.05, 0) is 50.6 Å². The molecule has 2 aliphatic heterocycles. The summed E-state index contributed by atoms with van der Waals surface area (Å²) in [6.07, 6.45) is 5.32. The molecule has 0 aliphatic carbocycles. The quantitative estimate of drug-likeness (QED) is 0.858. The normalized spacial score (nSPS) is 25.3. The number of aryl methyl sites for hydroxylation is 1. The maximum atomic E-state index is 12.8. The number of piperidine rings is 1. The Labute approximate surface area is 143 Å². The lowest BCUT2D eigenvalue weighted by atomic mass is 9.89. The number of carbonyl (C=O) groups is 1.